The first-order valence-electron chi connectivity index (χ1n) is 16.7. The third-order valence-electron chi connectivity index (χ3n) is 8.73. The Morgan fingerprint density at radius 2 is 1.59 bits per heavy atom. The van der Waals surface area contributed by atoms with E-state index in [1.807, 2.05) is 30.3 Å². The zero-order valence-corrected chi connectivity index (χ0v) is 29.1. The fourth-order valence-electron chi connectivity index (χ4n) is 6.30. The molecule has 1 fully saturated rings. The first kappa shape index (κ1) is 38.8. The van der Waals surface area contributed by atoms with Gasteiger partial charge in [-0.2, -0.15) is 0 Å². The molecule has 16 heteroatoms. The van der Waals surface area contributed by atoms with Crippen molar-refractivity contribution < 1.29 is 48.0 Å². The Labute approximate surface area is 294 Å². The fourth-order valence-corrected chi connectivity index (χ4v) is 6.69. The summed E-state index contributed by atoms with van der Waals surface area (Å²) in [7, 11) is -4.77. The number of hydrogen-bond acceptors (Lipinski definition) is 8. The first-order chi connectivity index (χ1) is 24.2. The van der Waals surface area contributed by atoms with Crippen LogP contribution in [0, 0.1) is 0 Å². The topological polar surface area (TPSA) is 246 Å². The van der Waals surface area contributed by atoms with Crippen LogP contribution in [-0.2, 0) is 41.4 Å². The van der Waals surface area contributed by atoms with Gasteiger partial charge in [-0.3, -0.25) is 33.8 Å². The summed E-state index contributed by atoms with van der Waals surface area (Å²) in [4.78, 5) is 83.0. The summed E-state index contributed by atoms with van der Waals surface area (Å²) in [6.07, 6.45) is 2.87. The van der Waals surface area contributed by atoms with Crippen molar-refractivity contribution in [1.82, 2.24) is 21.3 Å². The lowest BCUT2D eigenvalue weighted by Gasteiger charge is -2.38. The van der Waals surface area contributed by atoms with Gasteiger partial charge in [0.1, 0.15) is 29.1 Å². The minimum atomic E-state index is -4.77. The average Bonchev–Trinajstić information content (AvgIpc) is 3.07. The van der Waals surface area contributed by atoms with Crippen LogP contribution in [0.3, 0.4) is 0 Å². The lowest BCUT2D eigenvalue weighted by molar-refractivity contribution is -0.139. The van der Waals surface area contributed by atoms with Crippen molar-refractivity contribution in [3.8, 4) is 11.5 Å². The zero-order valence-electron chi connectivity index (χ0n) is 28.2. The van der Waals surface area contributed by atoms with Gasteiger partial charge in [-0.05, 0) is 60.2 Å². The Kier molecular flexibility index (Phi) is 13.2. The molecule has 0 saturated heterocycles. The van der Waals surface area contributed by atoms with E-state index < -0.39 is 61.4 Å². The van der Waals surface area contributed by atoms with Crippen LogP contribution in [0.1, 0.15) is 63.0 Å². The highest BCUT2D eigenvalue weighted by Crippen LogP contribution is 2.37. The Morgan fingerprint density at radius 3 is 2.24 bits per heavy atom. The van der Waals surface area contributed by atoms with Crippen LogP contribution >= 0.6 is 7.82 Å². The second kappa shape index (κ2) is 17.3. The van der Waals surface area contributed by atoms with E-state index in [0.717, 1.165) is 22.8 Å². The van der Waals surface area contributed by atoms with Crippen molar-refractivity contribution in [3.05, 3.63) is 71.8 Å². The molecule has 0 radical (unpaired) electrons. The summed E-state index contributed by atoms with van der Waals surface area (Å²) < 4.78 is 15.7. The summed E-state index contributed by atoms with van der Waals surface area (Å²) in [6.45, 7) is 1.41. The molecule has 0 spiro atoms. The number of benzene rings is 3. The van der Waals surface area contributed by atoms with Gasteiger partial charge in [0.2, 0.25) is 29.5 Å². The Balaban J connectivity index is 1.43. The highest BCUT2D eigenvalue weighted by molar-refractivity contribution is 7.46. The molecule has 1 saturated carbocycles. The fraction of sp³-hybridized carbons (Fsp3) is 0.400. The first-order valence-corrected chi connectivity index (χ1v) is 18.2. The standard InChI is InChI=1S/C35H44N5O10P/c1-22(41)38-28(20-23-11-14-25(15-12-23)50-51(47,48)49)33(45)40-35(17-5-2-6-18-35)34(46)39-29(21-31(36)43)32(44)37-19-7-10-27-26-9-4-3-8-24(26)13-16-30(27)42/h3-4,8-9,11-16,28-29,42H,2,5-7,10,17-21H2,1H3,(H2,36,43)(H,37,44)(H,38,41)(H,39,46)(H,40,45)(H2,47,48,49)/t28-,29-/m0/s1. The molecule has 0 bridgehead atoms. The molecule has 5 amide bonds. The van der Waals surface area contributed by atoms with Crippen LogP contribution in [0.5, 0.6) is 11.5 Å². The predicted octanol–water partition coefficient (Wildman–Crippen LogP) is 1.99. The van der Waals surface area contributed by atoms with Crippen LogP contribution in [0.15, 0.2) is 60.7 Å². The normalized spacial score (nSPS) is 15.2. The van der Waals surface area contributed by atoms with Crippen molar-refractivity contribution in [2.24, 2.45) is 5.73 Å². The van der Waals surface area contributed by atoms with Crippen LogP contribution < -0.4 is 31.5 Å². The molecule has 2 atom stereocenters. The molecule has 0 aromatic heterocycles. The van der Waals surface area contributed by atoms with Gasteiger partial charge >= 0.3 is 7.82 Å². The van der Waals surface area contributed by atoms with Crippen molar-refractivity contribution >= 4 is 48.1 Å². The number of fused-ring (bicyclic) bond motifs is 1. The summed E-state index contributed by atoms with van der Waals surface area (Å²) in [5, 5.41) is 23.1. The number of rotatable bonds is 16. The molecule has 0 heterocycles. The lowest BCUT2D eigenvalue weighted by Crippen LogP contribution is -2.65. The number of phenols is 1. The van der Waals surface area contributed by atoms with E-state index in [-0.39, 0.29) is 37.3 Å². The summed E-state index contributed by atoms with van der Waals surface area (Å²) in [5.41, 5.74) is 5.26. The van der Waals surface area contributed by atoms with Crippen LogP contribution in [0.25, 0.3) is 10.8 Å². The number of hydrogen-bond donors (Lipinski definition) is 8. The van der Waals surface area contributed by atoms with Gasteiger partial charge < -0.3 is 36.6 Å². The number of aromatic hydroxyl groups is 1. The van der Waals surface area contributed by atoms with E-state index in [0.29, 0.717) is 31.2 Å². The second-order valence-corrected chi connectivity index (χ2v) is 13.9. The number of carbonyl (C=O) groups is 5. The van der Waals surface area contributed by atoms with Crippen LogP contribution in [-0.4, -0.2) is 68.6 Å². The van der Waals surface area contributed by atoms with Gasteiger partial charge in [-0.1, -0.05) is 61.7 Å². The number of nitrogens with one attached hydrogen (secondary N) is 4. The number of phosphoric acid groups is 1. The minimum absolute atomic E-state index is 0.0252. The molecule has 51 heavy (non-hydrogen) atoms. The van der Waals surface area contributed by atoms with Crippen LogP contribution in [0.4, 0.5) is 0 Å². The Bertz CT molecular complexity index is 1790. The molecular formula is C35H44N5O10P. The molecule has 1 aliphatic carbocycles. The monoisotopic (exact) mass is 725 g/mol. The largest absolute Gasteiger partial charge is 0.524 e. The SMILES string of the molecule is CC(=O)N[C@@H](Cc1ccc(OP(=O)(O)O)cc1)C(=O)NC1(C(=O)N[C@@H](CC(N)=O)C(=O)NCCCc2c(O)ccc3ccccc23)CCCCC1. The van der Waals surface area contributed by atoms with E-state index in [1.54, 1.807) is 6.07 Å². The highest BCUT2D eigenvalue weighted by Gasteiger charge is 2.43. The van der Waals surface area contributed by atoms with E-state index >= 15 is 0 Å². The molecular weight excluding hydrogens is 681 g/mol. The van der Waals surface area contributed by atoms with Crippen molar-refractivity contribution in [1.29, 1.82) is 0 Å². The number of phosphoric ester groups is 1. The number of carbonyl (C=O) groups excluding carboxylic acids is 5. The van der Waals surface area contributed by atoms with Gasteiger partial charge in [-0.25, -0.2) is 4.57 Å². The number of nitrogens with two attached hydrogens (primary N) is 1. The maximum Gasteiger partial charge on any atom is 0.524 e. The molecule has 274 valence electrons. The van der Waals surface area contributed by atoms with E-state index in [2.05, 4.69) is 25.8 Å². The number of primary amides is 1. The summed E-state index contributed by atoms with van der Waals surface area (Å²) in [5.74, 6) is -3.24. The second-order valence-electron chi connectivity index (χ2n) is 12.7. The molecule has 4 rings (SSSR count). The van der Waals surface area contributed by atoms with Gasteiger partial charge in [-0.15, -0.1) is 0 Å². The van der Waals surface area contributed by atoms with Crippen molar-refractivity contribution in [2.45, 2.75) is 82.3 Å². The minimum Gasteiger partial charge on any atom is -0.508 e. The summed E-state index contributed by atoms with van der Waals surface area (Å²) >= 11 is 0. The smallest absolute Gasteiger partial charge is 0.508 e. The quantitative estimate of drug-likeness (QED) is 0.0788. The maximum atomic E-state index is 13.9. The van der Waals surface area contributed by atoms with Crippen molar-refractivity contribution in [2.75, 3.05) is 6.54 Å². The Morgan fingerprint density at radius 1 is 0.902 bits per heavy atom. The molecule has 3 aromatic rings. The lowest BCUT2D eigenvalue weighted by atomic mass is 9.80. The number of amides is 5. The Hall–Kier alpha value is -4.98. The zero-order chi connectivity index (χ0) is 37.2. The van der Waals surface area contributed by atoms with E-state index in [4.69, 9.17) is 15.5 Å². The number of aryl methyl sites for hydroxylation is 1. The molecule has 15 nitrogen and oxygen atoms in total. The van der Waals surface area contributed by atoms with Crippen molar-refractivity contribution in [3.63, 3.8) is 0 Å². The molecule has 0 aliphatic heterocycles. The average molecular weight is 726 g/mol. The van der Waals surface area contributed by atoms with Gasteiger partial charge in [0, 0.05) is 25.5 Å². The van der Waals surface area contributed by atoms with Gasteiger partial charge in [0.05, 0.1) is 6.42 Å². The third kappa shape index (κ3) is 11.3. The third-order valence-corrected chi connectivity index (χ3v) is 9.18. The number of phenolic OH excluding ortho intramolecular Hbond substituents is 1. The van der Waals surface area contributed by atoms with E-state index in [9.17, 15) is 33.6 Å². The summed E-state index contributed by atoms with van der Waals surface area (Å²) in [6, 6.07) is 14.2. The highest BCUT2D eigenvalue weighted by atomic mass is 31.2. The van der Waals surface area contributed by atoms with Gasteiger partial charge in [0.25, 0.3) is 0 Å². The van der Waals surface area contributed by atoms with Crippen LogP contribution in [0.2, 0.25) is 0 Å². The maximum absolute atomic E-state index is 13.9. The molecule has 9 N–H and O–H groups in total. The molecule has 3 aromatic carbocycles. The van der Waals surface area contributed by atoms with E-state index in [1.165, 1.54) is 31.2 Å². The van der Waals surface area contributed by atoms with Gasteiger partial charge in [0.15, 0.2) is 0 Å². The molecule has 0 unspecified atom stereocenters. The predicted molar refractivity (Wildman–Crippen MR) is 187 cm³/mol. The molecule has 1 aliphatic rings.